The minimum atomic E-state index is -0.731. The summed E-state index contributed by atoms with van der Waals surface area (Å²) in [7, 11) is 0. The zero-order valence-corrected chi connectivity index (χ0v) is 19.0. The van der Waals surface area contributed by atoms with Crippen molar-refractivity contribution in [1.82, 2.24) is 19.6 Å². The summed E-state index contributed by atoms with van der Waals surface area (Å²) < 4.78 is 27.9. The van der Waals surface area contributed by atoms with Gasteiger partial charge < -0.3 is 9.15 Å². The van der Waals surface area contributed by atoms with Crippen molar-refractivity contribution in [3.8, 4) is 23.0 Å². The van der Waals surface area contributed by atoms with E-state index in [0.717, 1.165) is 11.1 Å². The summed E-state index contributed by atoms with van der Waals surface area (Å²) in [6.45, 7) is 1.99. The number of aromatic nitrogens is 4. The van der Waals surface area contributed by atoms with E-state index in [4.69, 9.17) is 14.1 Å². The van der Waals surface area contributed by atoms with Crippen molar-refractivity contribution in [3.05, 3.63) is 118 Å². The molecule has 0 N–H and O–H groups in total. The molecule has 0 saturated carbocycles. The number of aryl methyl sites for hydroxylation is 1. The van der Waals surface area contributed by atoms with Crippen molar-refractivity contribution in [2.24, 2.45) is 0 Å². The number of hydrogen-bond acceptors (Lipinski definition) is 6. The van der Waals surface area contributed by atoms with Crippen LogP contribution in [-0.2, 0) is 0 Å². The minimum absolute atomic E-state index is 0.266. The van der Waals surface area contributed by atoms with Crippen LogP contribution in [0.15, 0.2) is 88.3 Å². The highest BCUT2D eigenvalue weighted by molar-refractivity contribution is 5.87. The lowest BCUT2D eigenvalue weighted by molar-refractivity contribution is 0.422. The number of hydrogen-bond donors (Lipinski definition) is 0. The first kappa shape index (κ1) is 20.5. The highest BCUT2D eigenvalue weighted by atomic mass is 19.1. The molecule has 36 heavy (non-hydrogen) atoms. The van der Waals surface area contributed by atoms with E-state index in [2.05, 4.69) is 10.1 Å². The molecule has 3 aromatic carbocycles. The van der Waals surface area contributed by atoms with Gasteiger partial charge in [-0.2, -0.15) is 0 Å². The monoisotopic (exact) mass is 476 g/mol. The van der Waals surface area contributed by atoms with Crippen molar-refractivity contribution >= 4 is 16.6 Å². The van der Waals surface area contributed by atoms with Crippen molar-refractivity contribution in [2.45, 2.75) is 12.8 Å². The van der Waals surface area contributed by atoms with Crippen molar-refractivity contribution < 1.29 is 13.5 Å². The Balaban J connectivity index is 1.56. The van der Waals surface area contributed by atoms with E-state index in [9.17, 15) is 9.18 Å². The quantitative estimate of drug-likeness (QED) is 0.301. The second kappa shape index (κ2) is 7.58. The molecular weight excluding hydrogens is 459 g/mol. The second-order valence-electron chi connectivity index (χ2n) is 8.70. The van der Waals surface area contributed by atoms with E-state index in [-0.39, 0.29) is 11.4 Å². The third kappa shape index (κ3) is 2.97. The number of halogens is 1. The molecule has 3 aromatic heterocycles. The third-order valence-corrected chi connectivity index (χ3v) is 6.53. The Morgan fingerprint density at radius 2 is 1.81 bits per heavy atom. The van der Waals surface area contributed by atoms with Crippen LogP contribution >= 0.6 is 0 Å². The van der Waals surface area contributed by atoms with Gasteiger partial charge in [-0.1, -0.05) is 48.5 Å². The molecule has 0 fully saturated rings. The highest BCUT2D eigenvalue weighted by Gasteiger charge is 2.37. The summed E-state index contributed by atoms with van der Waals surface area (Å²) >= 11 is 0. The number of rotatable bonds is 2. The summed E-state index contributed by atoms with van der Waals surface area (Å²) in [4.78, 5) is 22.7. The predicted octanol–water partition coefficient (Wildman–Crippen LogP) is 5.63. The van der Waals surface area contributed by atoms with E-state index in [1.54, 1.807) is 28.8 Å². The Kier molecular flexibility index (Phi) is 4.32. The summed E-state index contributed by atoms with van der Waals surface area (Å²) in [5, 5.41) is 5.27. The Morgan fingerprint density at radius 1 is 0.972 bits per heavy atom. The molecule has 0 spiro atoms. The van der Waals surface area contributed by atoms with E-state index >= 15 is 0 Å². The van der Waals surface area contributed by atoms with Crippen LogP contribution < -0.4 is 10.4 Å². The maximum absolute atomic E-state index is 14.4. The van der Waals surface area contributed by atoms with Gasteiger partial charge in [0.25, 0.3) is 0 Å². The molecule has 0 aliphatic carbocycles. The smallest absolute Gasteiger partial charge is 0.344 e. The van der Waals surface area contributed by atoms with Gasteiger partial charge >= 0.3 is 5.63 Å². The first-order valence-electron chi connectivity index (χ1n) is 11.4. The topological polar surface area (TPSA) is 82.5 Å². The lowest BCUT2D eigenvalue weighted by atomic mass is 9.84. The fourth-order valence-electron chi connectivity index (χ4n) is 4.89. The van der Waals surface area contributed by atoms with Gasteiger partial charge in [0.05, 0.1) is 22.4 Å². The molecular formula is C28H17FN4O3. The molecule has 0 bridgehead atoms. The fourth-order valence-corrected chi connectivity index (χ4v) is 4.89. The number of benzene rings is 3. The summed E-state index contributed by atoms with van der Waals surface area (Å²) in [5.74, 6) is -0.0137. The predicted molar refractivity (Wildman–Crippen MR) is 131 cm³/mol. The van der Waals surface area contributed by atoms with Crippen molar-refractivity contribution in [1.29, 1.82) is 0 Å². The van der Waals surface area contributed by atoms with Crippen LogP contribution in [0.1, 0.15) is 28.2 Å². The molecule has 7 rings (SSSR count). The van der Waals surface area contributed by atoms with Crippen LogP contribution in [0.4, 0.5) is 4.39 Å². The SMILES string of the molecule is Cc1ccccc1-c1nc2c3c(ncn2n1)Oc1c(c(=O)oc2ccccc12)C3c1cccc(F)c1. The summed E-state index contributed by atoms with van der Waals surface area (Å²) in [6.07, 6.45) is 1.53. The summed E-state index contributed by atoms with van der Waals surface area (Å²) in [6, 6.07) is 21.1. The van der Waals surface area contributed by atoms with Crippen molar-refractivity contribution in [2.75, 3.05) is 0 Å². The number of nitrogens with zero attached hydrogens (tertiary/aromatic N) is 4. The van der Waals surface area contributed by atoms with Crippen LogP contribution in [0, 0.1) is 12.7 Å². The standard InChI is InChI=1S/C28H17FN4O3/c1-15-7-2-3-10-18(15)25-31-26-23-21(16-8-6-9-17(29)13-16)22-24(36-27(23)30-14-33(26)32-25)19-11-4-5-12-20(19)35-28(22)34/h2-14,21H,1H3. The van der Waals surface area contributed by atoms with E-state index in [0.29, 0.717) is 39.3 Å². The maximum Gasteiger partial charge on any atom is 0.344 e. The molecule has 0 radical (unpaired) electrons. The first-order valence-corrected chi connectivity index (χ1v) is 11.4. The van der Waals surface area contributed by atoms with E-state index in [1.165, 1.54) is 18.5 Å². The molecule has 1 aliphatic heterocycles. The van der Waals surface area contributed by atoms with Crippen LogP contribution in [0.2, 0.25) is 0 Å². The molecule has 4 heterocycles. The lowest BCUT2D eigenvalue weighted by Crippen LogP contribution is -2.22. The van der Waals surface area contributed by atoms with Crippen LogP contribution in [0.25, 0.3) is 28.0 Å². The molecule has 7 nitrogen and oxygen atoms in total. The molecule has 0 saturated heterocycles. The molecule has 174 valence electrons. The molecule has 1 atom stereocenters. The maximum atomic E-state index is 14.4. The van der Waals surface area contributed by atoms with Gasteiger partial charge in [0.2, 0.25) is 5.88 Å². The van der Waals surface area contributed by atoms with Gasteiger partial charge in [-0.05, 0) is 42.3 Å². The first-order chi connectivity index (χ1) is 17.6. The van der Waals surface area contributed by atoms with Gasteiger partial charge in [0, 0.05) is 5.56 Å². The average molecular weight is 476 g/mol. The highest BCUT2D eigenvalue weighted by Crippen LogP contribution is 2.48. The van der Waals surface area contributed by atoms with Gasteiger partial charge in [-0.15, -0.1) is 5.10 Å². The van der Waals surface area contributed by atoms with Gasteiger partial charge in [0.15, 0.2) is 17.2 Å². The van der Waals surface area contributed by atoms with E-state index < -0.39 is 17.4 Å². The molecule has 1 aliphatic rings. The fraction of sp³-hybridized carbons (Fsp3) is 0.0714. The summed E-state index contributed by atoms with van der Waals surface area (Å²) in [5.41, 5.74) is 3.53. The van der Waals surface area contributed by atoms with Crippen LogP contribution in [0.5, 0.6) is 11.6 Å². The zero-order chi connectivity index (χ0) is 24.4. The Labute approximate surface area is 203 Å². The van der Waals surface area contributed by atoms with E-state index in [1.807, 2.05) is 43.3 Å². The third-order valence-electron chi connectivity index (χ3n) is 6.53. The van der Waals surface area contributed by atoms with Gasteiger partial charge in [0.1, 0.15) is 17.7 Å². The van der Waals surface area contributed by atoms with Crippen molar-refractivity contribution in [3.63, 3.8) is 0 Å². The second-order valence-corrected chi connectivity index (χ2v) is 8.70. The normalized spacial score (nSPS) is 14.4. The van der Waals surface area contributed by atoms with Gasteiger partial charge in [-0.3, -0.25) is 0 Å². The molecule has 0 amide bonds. The number of fused-ring (bicyclic) bond motifs is 6. The Morgan fingerprint density at radius 3 is 2.67 bits per heavy atom. The minimum Gasteiger partial charge on any atom is -0.437 e. The Hall–Kier alpha value is -4.85. The van der Waals surface area contributed by atoms with Gasteiger partial charge in [-0.25, -0.2) is 23.7 Å². The zero-order valence-electron chi connectivity index (χ0n) is 19.0. The van der Waals surface area contributed by atoms with Crippen LogP contribution in [0.3, 0.4) is 0 Å². The van der Waals surface area contributed by atoms with Crippen LogP contribution in [-0.4, -0.2) is 19.6 Å². The molecule has 1 unspecified atom stereocenters. The number of para-hydroxylation sites is 1. The largest absolute Gasteiger partial charge is 0.437 e. The average Bonchev–Trinajstić information content (AvgIpc) is 3.32. The number of ether oxygens (including phenoxy) is 1. The lowest BCUT2D eigenvalue weighted by Gasteiger charge is -2.27. The molecule has 8 heteroatoms. The Bertz CT molecular complexity index is 1890. The molecule has 6 aromatic rings.